The number of amides is 3. The summed E-state index contributed by atoms with van der Waals surface area (Å²) in [6.07, 6.45) is 10.4. The van der Waals surface area contributed by atoms with Crippen molar-refractivity contribution >= 4 is 35.0 Å². The van der Waals surface area contributed by atoms with Gasteiger partial charge in [0.25, 0.3) is 5.56 Å². The van der Waals surface area contributed by atoms with Crippen LogP contribution < -0.4 is 31.7 Å². The summed E-state index contributed by atoms with van der Waals surface area (Å²) >= 11 is 0. The molecule has 13 nitrogen and oxygen atoms in total. The van der Waals surface area contributed by atoms with Gasteiger partial charge < -0.3 is 20.9 Å². The molecule has 304 valence electrons. The lowest BCUT2D eigenvalue weighted by atomic mass is 9.83. The molecule has 2 aromatic carbocycles. The highest BCUT2D eigenvalue weighted by Crippen LogP contribution is 2.32. The third-order valence-corrected chi connectivity index (χ3v) is 12.1. The second kappa shape index (κ2) is 17.4. The van der Waals surface area contributed by atoms with Gasteiger partial charge in [0.2, 0.25) is 23.7 Å². The molecule has 4 fully saturated rings. The summed E-state index contributed by atoms with van der Waals surface area (Å²) in [4.78, 5) is 62.5. The van der Waals surface area contributed by atoms with Crippen LogP contribution in [0.1, 0.15) is 64.2 Å². The van der Waals surface area contributed by atoms with Crippen molar-refractivity contribution in [2.75, 3.05) is 41.7 Å². The van der Waals surface area contributed by atoms with Crippen molar-refractivity contribution < 1.29 is 23.2 Å². The lowest BCUT2D eigenvalue weighted by Crippen LogP contribution is -2.52. The Balaban J connectivity index is 0.760. The molecular formula is C43H49F2N9O4. The van der Waals surface area contributed by atoms with Gasteiger partial charge in [-0.2, -0.15) is 0 Å². The van der Waals surface area contributed by atoms with Gasteiger partial charge in [-0.05, 0) is 94.2 Å². The standard InChI is InChI=1S/C43H49F2N9O4/c44-34-25-31(47-36-16-18-38(55)50-42(36)58)13-17-37(34)53-22-20-52(21-23-53)32-14-7-27(8-15-32)41(57)48-29-9-11-30(12-10-29)49-43-46-26-35(45)40(51-43)28-4-3-5-33(24-28)54-19-2-1-6-39(54)56/h1-6,13,17,19,24-27,29-30,32,36,47H,7-12,14-16,18,20-23H2,(H,48,57)(H,46,49,51)(H,50,55,58). The van der Waals surface area contributed by atoms with Crippen molar-refractivity contribution in [3.05, 3.63) is 95.0 Å². The highest BCUT2D eigenvalue weighted by atomic mass is 19.1. The number of nitrogens with one attached hydrogen (secondary N) is 4. The van der Waals surface area contributed by atoms with Crippen LogP contribution in [-0.2, 0) is 14.4 Å². The number of nitrogens with zero attached hydrogens (tertiary/aromatic N) is 5. The van der Waals surface area contributed by atoms with E-state index in [-0.39, 0.29) is 59.2 Å². The van der Waals surface area contributed by atoms with Crippen molar-refractivity contribution in [2.24, 2.45) is 5.92 Å². The second-order valence-electron chi connectivity index (χ2n) is 15.9. The van der Waals surface area contributed by atoms with Crippen LogP contribution in [-0.4, -0.2) is 87.5 Å². The number of piperidine rings is 1. The first kappa shape index (κ1) is 39.1. The van der Waals surface area contributed by atoms with Crippen molar-refractivity contribution in [1.29, 1.82) is 0 Å². The third kappa shape index (κ3) is 9.04. The van der Waals surface area contributed by atoms with E-state index >= 15 is 4.39 Å². The predicted octanol–water partition coefficient (Wildman–Crippen LogP) is 5.01. The molecule has 58 heavy (non-hydrogen) atoms. The fourth-order valence-electron chi connectivity index (χ4n) is 8.88. The molecule has 2 saturated heterocycles. The smallest absolute Gasteiger partial charge is 0.255 e. The first-order valence-corrected chi connectivity index (χ1v) is 20.4. The van der Waals surface area contributed by atoms with Crippen LogP contribution in [0.3, 0.4) is 0 Å². The number of carbonyl (C=O) groups excluding carboxylic acids is 3. The lowest BCUT2D eigenvalue weighted by Gasteiger charge is -2.42. The number of carbonyl (C=O) groups is 3. The van der Waals surface area contributed by atoms with Crippen molar-refractivity contribution in [3.8, 4) is 16.9 Å². The molecule has 15 heteroatoms. The molecular weight excluding hydrogens is 745 g/mol. The van der Waals surface area contributed by atoms with Gasteiger partial charge >= 0.3 is 0 Å². The minimum atomic E-state index is -0.564. The molecule has 1 atom stereocenters. The molecule has 2 saturated carbocycles. The van der Waals surface area contributed by atoms with Gasteiger partial charge in [-0.1, -0.05) is 18.2 Å². The van der Waals surface area contributed by atoms with Crippen LogP contribution >= 0.6 is 0 Å². The van der Waals surface area contributed by atoms with E-state index in [2.05, 4.69) is 41.0 Å². The van der Waals surface area contributed by atoms with E-state index in [9.17, 15) is 23.6 Å². The Hall–Kier alpha value is -5.70. The summed E-state index contributed by atoms with van der Waals surface area (Å²) in [5.41, 5.74) is 2.17. The molecule has 3 amide bonds. The zero-order valence-corrected chi connectivity index (χ0v) is 32.3. The lowest BCUT2D eigenvalue weighted by molar-refractivity contribution is -0.133. The number of piperazine rings is 1. The molecule has 4 N–H and O–H groups in total. The van der Waals surface area contributed by atoms with Crippen LogP contribution in [0.15, 0.2) is 77.9 Å². The third-order valence-electron chi connectivity index (χ3n) is 12.1. The molecule has 0 spiro atoms. The van der Waals surface area contributed by atoms with Gasteiger partial charge in [0.05, 0.1) is 11.9 Å². The SMILES string of the molecule is O=C1CCC(Nc2ccc(N3CCN(C4CCC(C(=O)NC5CCC(Nc6ncc(F)c(-c7cccc(-n8ccccc8=O)c7)n6)CC5)CC4)CC3)c(F)c2)C(=O)N1. The Kier molecular flexibility index (Phi) is 11.8. The maximum absolute atomic E-state index is 15.2. The molecule has 2 aromatic heterocycles. The van der Waals surface area contributed by atoms with Gasteiger partial charge in [-0.25, -0.2) is 18.7 Å². The van der Waals surface area contributed by atoms with E-state index in [1.54, 1.807) is 54.7 Å². The van der Waals surface area contributed by atoms with E-state index in [1.807, 2.05) is 0 Å². The number of anilines is 3. The molecule has 4 aliphatic rings. The van der Waals surface area contributed by atoms with Crippen LogP contribution in [0.25, 0.3) is 16.9 Å². The number of rotatable bonds is 10. The molecule has 0 radical (unpaired) electrons. The number of imide groups is 1. The number of pyridine rings is 1. The number of hydrogen-bond acceptors (Lipinski definition) is 10. The number of aromatic nitrogens is 3. The summed E-state index contributed by atoms with van der Waals surface area (Å²) in [6.45, 7) is 3.05. The highest BCUT2D eigenvalue weighted by molar-refractivity contribution is 6.01. The van der Waals surface area contributed by atoms with Crippen LogP contribution in [0, 0.1) is 17.6 Å². The zero-order chi connectivity index (χ0) is 40.2. The zero-order valence-electron chi connectivity index (χ0n) is 32.3. The molecule has 4 aromatic rings. The predicted molar refractivity (Wildman–Crippen MR) is 217 cm³/mol. The summed E-state index contributed by atoms with van der Waals surface area (Å²) in [6, 6.07) is 16.9. The Bertz CT molecular complexity index is 2190. The quantitative estimate of drug-likeness (QED) is 0.161. The average molecular weight is 794 g/mol. The molecule has 1 unspecified atom stereocenters. The monoisotopic (exact) mass is 793 g/mol. The average Bonchev–Trinajstić information content (AvgIpc) is 3.24. The second-order valence-corrected chi connectivity index (χ2v) is 15.9. The van der Waals surface area contributed by atoms with Crippen molar-refractivity contribution in [3.63, 3.8) is 0 Å². The summed E-state index contributed by atoms with van der Waals surface area (Å²) in [5, 5.41) is 12.1. The Morgan fingerprint density at radius 1 is 0.776 bits per heavy atom. The van der Waals surface area contributed by atoms with E-state index < -0.39 is 11.9 Å². The fraction of sp³-hybridized carbons (Fsp3) is 0.442. The van der Waals surface area contributed by atoms with Gasteiger partial charge in [0.1, 0.15) is 17.6 Å². The molecule has 8 rings (SSSR count). The minimum absolute atomic E-state index is 0.000148. The molecule has 2 aliphatic heterocycles. The normalized spacial score (nSPS) is 24.2. The Morgan fingerprint density at radius 2 is 1.55 bits per heavy atom. The molecule has 4 heterocycles. The first-order valence-electron chi connectivity index (χ1n) is 20.4. The van der Waals surface area contributed by atoms with E-state index in [0.717, 1.165) is 64.5 Å². The van der Waals surface area contributed by atoms with Gasteiger partial charge in [-0.3, -0.25) is 34.0 Å². The Morgan fingerprint density at radius 3 is 2.29 bits per heavy atom. The van der Waals surface area contributed by atoms with Crippen molar-refractivity contribution in [2.45, 2.75) is 88.4 Å². The van der Waals surface area contributed by atoms with Crippen LogP contribution in [0.2, 0.25) is 0 Å². The summed E-state index contributed by atoms with van der Waals surface area (Å²) in [7, 11) is 0. The van der Waals surface area contributed by atoms with E-state index in [0.29, 0.717) is 54.1 Å². The largest absolute Gasteiger partial charge is 0.374 e. The maximum atomic E-state index is 15.2. The molecule has 0 bridgehead atoms. The first-order chi connectivity index (χ1) is 28.2. The van der Waals surface area contributed by atoms with Gasteiger partial charge in [0.15, 0.2) is 5.82 Å². The van der Waals surface area contributed by atoms with Crippen LogP contribution in [0.4, 0.5) is 26.1 Å². The minimum Gasteiger partial charge on any atom is -0.374 e. The number of benzene rings is 2. The summed E-state index contributed by atoms with van der Waals surface area (Å²) in [5.74, 6) is -1.10. The number of halogens is 2. The maximum Gasteiger partial charge on any atom is 0.255 e. The topological polar surface area (TPSA) is 154 Å². The summed E-state index contributed by atoms with van der Waals surface area (Å²) < 4.78 is 31.7. The van der Waals surface area contributed by atoms with E-state index in [1.165, 1.54) is 22.9 Å². The highest BCUT2D eigenvalue weighted by Gasteiger charge is 2.33. The van der Waals surface area contributed by atoms with Gasteiger partial charge in [0, 0.05) is 85.8 Å². The van der Waals surface area contributed by atoms with Crippen molar-refractivity contribution in [1.82, 2.24) is 30.1 Å². The Labute approximate surface area is 335 Å². The number of hydrogen-bond donors (Lipinski definition) is 4. The van der Waals surface area contributed by atoms with E-state index in [4.69, 9.17) is 0 Å². The van der Waals surface area contributed by atoms with Crippen LogP contribution in [0.5, 0.6) is 0 Å². The molecule has 2 aliphatic carbocycles. The van der Waals surface area contributed by atoms with Gasteiger partial charge in [-0.15, -0.1) is 0 Å². The fourth-order valence-corrected chi connectivity index (χ4v) is 8.88.